The van der Waals surface area contributed by atoms with Gasteiger partial charge in [0.1, 0.15) is 6.10 Å². The maximum absolute atomic E-state index is 12.1. The molecule has 7 atom stereocenters. The van der Waals surface area contributed by atoms with Crippen molar-refractivity contribution in [1.82, 2.24) is 4.90 Å². The van der Waals surface area contributed by atoms with Gasteiger partial charge in [0, 0.05) is 34.9 Å². The molecule has 5 heteroatoms. The lowest BCUT2D eigenvalue weighted by Gasteiger charge is -2.73. The van der Waals surface area contributed by atoms with E-state index >= 15 is 0 Å². The summed E-state index contributed by atoms with van der Waals surface area (Å²) in [6, 6.07) is 4.26. The molecular formula is C29H39NO4. The lowest BCUT2D eigenvalue weighted by molar-refractivity contribution is -0.238. The van der Waals surface area contributed by atoms with E-state index in [1.165, 1.54) is 24.0 Å². The maximum atomic E-state index is 12.1. The van der Waals surface area contributed by atoms with E-state index in [0.717, 1.165) is 38.3 Å². The van der Waals surface area contributed by atoms with Gasteiger partial charge in [-0.05, 0) is 68.5 Å². The van der Waals surface area contributed by atoms with Crippen molar-refractivity contribution in [3.05, 3.63) is 35.4 Å². The number of nitrogens with zero attached hydrogens (tertiary/aromatic N) is 1. The number of aromatic hydroxyl groups is 1. The summed E-state index contributed by atoms with van der Waals surface area (Å²) >= 11 is 0. The van der Waals surface area contributed by atoms with Crippen molar-refractivity contribution in [3.8, 4) is 11.5 Å². The van der Waals surface area contributed by atoms with Crippen LogP contribution in [0, 0.1) is 28.1 Å². The Kier molecular flexibility index (Phi) is 3.97. The fourth-order valence-electron chi connectivity index (χ4n) is 9.10. The highest BCUT2D eigenvalue weighted by Gasteiger charge is 2.80. The fraction of sp³-hybridized carbons (Fsp3) is 0.724. The molecule has 2 saturated carbocycles. The number of likely N-dealkylation sites (tertiary alicyclic amines) is 1. The van der Waals surface area contributed by atoms with E-state index < -0.39 is 11.0 Å². The van der Waals surface area contributed by atoms with Gasteiger partial charge in [0.25, 0.3) is 0 Å². The zero-order chi connectivity index (χ0) is 23.9. The first-order chi connectivity index (χ1) is 16.0. The van der Waals surface area contributed by atoms with E-state index in [0.29, 0.717) is 11.8 Å². The number of aliphatic hydroxyl groups excluding tert-OH is 1. The smallest absolute Gasteiger partial charge is 0.165 e. The lowest BCUT2D eigenvalue weighted by atomic mass is 9.33. The summed E-state index contributed by atoms with van der Waals surface area (Å²) in [5, 5.41) is 34.1. The van der Waals surface area contributed by atoms with Gasteiger partial charge in [-0.2, -0.15) is 0 Å². The second-order valence-electron chi connectivity index (χ2n) is 13.6. The number of rotatable bonds is 4. The largest absolute Gasteiger partial charge is 0.504 e. The van der Waals surface area contributed by atoms with Gasteiger partial charge in [-0.1, -0.05) is 39.0 Å². The zero-order valence-electron chi connectivity index (χ0n) is 21.0. The quantitative estimate of drug-likeness (QED) is 0.590. The highest BCUT2D eigenvalue weighted by atomic mass is 16.5. The van der Waals surface area contributed by atoms with E-state index in [2.05, 4.69) is 43.9 Å². The normalized spacial score (nSPS) is 43.4. The molecule has 2 aliphatic heterocycles. The molecule has 0 radical (unpaired) electrons. The van der Waals surface area contributed by atoms with Crippen LogP contribution in [0.4, 0.5) is 0 Å². The number of benzene rings is 1. The van der Waals surface area contributed by atoms with Crippen molar-refractivity contribution >= 4 is 0 Å². The Morgan fingerprint density at radius 1 is 1.15 bits per heavy atom. The average molecular weight is 466 g/mol. The zero-order valence-corrected chi connectivity index (χ0v) is 21.0. The van der Waals surface area contributed by atoms with Gasteiger partial charge in [0.05, 0.1) is 17.6 Å². The molecule has 1 aromatic carbocycles. The van der Waals surface area contributed by atoms with Crippen LogP contribution in [-0.2, 0) is 11.8 Å². The average Bonchev–Trinajstić information content (AvgIpc) is 3.53. The van der Waals surface area contributed by atoms with E-state index in [9.17, 15) is 15.3 Å². The molecule has 5 nitrogen and oxygen atoms in total. The van der Waals surface area contributed by atoms with E-state index in [1.54, 1.807) is 6.07 Å². The van der Waals surface area contributed by atoms with Crippen molar-refractivity contribution in [1.29, 1.82) is 0 Å². The summed E-state index contributed by atoms with van der Waals surface area (Å²) in [6.07, 6.45) is 9.83. The summed E-state index contributed by atoms with van der Waals surface area (Å²) in [5.74, 6) is 1.52. The molecule has 184 valence electrons. The Bertz CT molecular complexity index is 1100. The second kappa shape index (κ2) is 6.22. The van der Waals surface area contributed by atoms with Crippen molar-refractivity contribution in [3.63, 3.8) is 0 Å². The number of hydrogen-bond donors (Lipinski definition) is 3. The first-order valence-corrected chi connectivity index (χ1v) is 13.3. The van der Waals surface area contributed by atoms with Gasteiger partial charge in [-0.25, -0.2) is 0 Å². The Hall–Kier alpha value is -1.56. The summed E-state index contributed by atoms with van der Waals surface area (Å²) in [5.41, 5.74) is 0.0307. The summed E-state index contributed by atoms with van der Waals surface area (Å²) < 4.78 is 6.81. The minimum absolute atomic E-state index is 0.0660. The van der Waals surface area contributed by atoms with Crippen molar-refractivity contribution in [2.24, 2.45) is 28.1 Å². The molecule has 1 saturated heterocycles. The van der Waals surface area contributed by atoms with E-state index in [4.69, 9.17) is 4.74 Å². The van der Waals surface area contributed by atoms with Crippen molar-refractivity contribution < 1.29 is 20.1 Å². The van der Waals surface area contributed by atoms with Crippen LogP contribution >= 0.6 is 0 Å². The molecule has 3 N–H and O–H groups in total. The Labute approximate surface area is 202 Å². The standard InChI is InChI=1S/C29H39NO4/c1-25(2,3)26(4,33)20-14-28-10-9-27(20,16-31)24-29(28)11-12-30(15-17-5-6-17)21(28)13-18-7-8-19(32)23(34-24)22(18)29/h7-10,17,20-21,24,31-33H,5-6,11-16H2,1-4H3/t20?,21-,24+,26+,27-,28-,29+/m1/s1. The third-order valence-corrected chi connectivity index (χ3v) is 11.5. The van der Waals surface area contributed by atoms with Crippen LogP contribution in [0.2, 0.25) is 0 Å². The number of phenols is 1. The molecule has 4 bridgehead atoms. The highest BCUT2D eigenvalue weighted by Crippen LogP contribution is 2.77. The Balaban J connectivity index is 1.49. The third-order valence-electron chi connectivity index (χ3n) is 11.5. The maximum Gasteiger partial charge on any atom is 0.165 e. The minimum Gasteiger partial charge on any atom is -0.504 e. The monoisotopic (exact) mass is 465 g/mol. The molecule has 0 aromatic heterocycles. The van der Waals surface area contributed by atoms with Gasteiger partial charge in [-0.15, -0.1) is 0 Å². The number of fused-ring (bicyclic) bond motifs is 1. The number of ether oxygens (including phenoxy) is 1. The molecule has 1 unspecified atom stereocenters. The summed E-state index contributed by atoms with van der Waals surface area (Å²) in [7, 11) is 0. The number of piperidine rings is 1. The van der Waals surface area contributed by atoms with Crippen LogP contribution < -0.4 is 4.74 Å². The van der Waals surface area contributed by atoms with E-state index in [-0.39, 0.29) is 40.6 Å². The number of phenolic OH excluding ortho intramolecular Hbond substituents is 1. The molecular weight excluding hydrogens is 426 g/mol. The molecule has 2 spiro atoms. The van der Waals surface area contributed by atoms with Crippen LogP contribution in [0.25, 0.3) is 0 Å². The summed E-state index contributed by atoms with van der Waals surface area (Å²) in [6.45, 7) is 10.4. The topological polar surface area (TPSA) is 73.2 Å². The Morgan fingerprint density at radius 2 is 1.91 bits per heavy atom. The number of aliphatic hydroxyl groups is 2. The molecule has 1 aromatic rings. The first-order valence-electron chi connectivity index (χ1n) is 13.3. The molecule has 5 aliphatic carbocycles. The van der Waals surface area contributed by atoms with Gasteiger partial charge < -0.3 is 20.1 Å². The molecule has 2 heterocycles. The van der Waals surface area contributed by atoms with Gasteiger partial charge in [-0.3, -0.25) is 4.90 Å². The van der Waals surface area contributed by atoms with E-state index in [1.807, 2.05) is 6.92 Å². The minimum atomic E-state index is -0.995. The van der Waals surface area contributed by atoms with Gasteiger partial charge in [0.15, 0.2) is 11.5 Å². The summed E-state index contributed by atoms with van der Waals surface area (Å²) in [4.78, 5) is 2.75. The molecule has 7 aliphatic rings. The van der Waals surface area contributed by atoms with Crippen LogP contribution in [-0.4, -0.2) is 57.7 Å². The third kappa shape index (κ3) is 2.20. The fourth-order valence-corrected chi connectivity index (χ4v) is 9.10. The van der Waals surface area contributed by atoms with Crippen LogP contribution in [0.1, 0.15) is 64.5 Å². The van der Waals surface area contributed by atoms with Crippen LogP contribution in [0.5, 0.6) is 11.5 Å². The van der Waals surface area contributed by atoms with Gasteiger partial charge in [0.2, 0.25) is 0 Å². The second-order valence-corrected chi connectivity index (χ2v) is 13.6. The predicted molar refractivity (Wildman–Crippen MR) is 130 cm³/mol. The molecule has 3 fully saturated rings. The first kappa shape index (κ1) is 21.7. The predicted octanol–water partition coefficient (Wildman–Crippen LogP) is 3.78. The van der Waals surface area contributed by atoms with Crippen molar-refractivity contribution in [2.45, 2.75) is 83.0 Å². The highest BCUT2D eigenvalue weighted by molar-refractivity contribution is 5.64. The molecule has 34 heavy (non-hydrogen) atoms. The number of hydrogen-bond acceptors (Lipinski definition) is 5. The van der Waals surface area contributed by atoms with Gasteiger partial charge >= 0.3 is 0 Å². The molecule has 8 rings (SSSR count). The van der Waals surface area contributed by atoms with Crippen molar-refractivity contribution in [2.75, 3.05) is 19.7 Å². The van der Waals surface area contributed by atoms with Crippen LogP contribution in [0.15, 0.2) is 24.3 Å². The SMILES string of the molecule is CC(C)(C)[C@@](C)(O)C1C[C@@]23C=C[C@]1(CO)[C@@H]1Oc4c(O)ccc5c4[C@@]12CCN(CC1CC1)[C@@H]3C5. The lowest BCUT2D eigenvalue weighted by Crippen LogP contribution is -2.79. The molecule has 0 amide bonds. The Morgan fingerprint density at radius 3 is 2.59 bits per heavy atom. The van der Waals surface area contributed by atoms with Crippen LogP contribution in [0.3, 0.4) is 0 Å².